The maximum Gasteiger partial charge on any atom is 0.00669 e. The highest BCUT2D eigenvalue weighted by Crippen LogP contribution is 2.38. The summed E-state index contributed by atoms with van der Waals surface area (Å²) in [5.41, 5.74) is 6.59. The Morgan fingerprint density at radius 3 is 2.50 bits per heavy atom. The molecule has 0 bridgehead atoms. The lowest BCUT2D eigenvalue weighted by Crippen LogP contribution is -2.40. The predicted octanol–water partition coefficient (Wildman–Crippen LogP) is 3.55. The fraction of sp³-hybridized carbons (Fsp3) is 1.00. The van der Waals surface area contributed by atoms with E-state index in [-0.39, 0.29) is 0 Å². The van der Waals surface area contributed by atoms with Crippen molar-refractivity contribution < 1.29 is 0 Å². The molecule has 1 saturated carbocycles. The van der Waals surface area contributed by atoms with Gasteiger partial charge < -0.3 is 10.6 Å². The maximum atomic E-state index is 6.10. The van der Waals surface area contributed by atoms with Gasteiger partial charge in [0.1, 0.15) is 0 Å². The van der Waals surface area contributed by atoms with Gasteiger partial charge in [0, 0.05) is 6.04 Å². The average Bonchev–Trinajstić information content (AvgIpc) is 2.62. The molecule has 2 nitrogen and oxygen atoms in total. The SMILES string of the molecule is CC1CCCCCN1CCC1(CN)CCCCC1. The normalized spacial score (nSPS) is 30.0. The second-order valence-electron chi connectivity index (χ2n) is 6.75. The molecule has 1 saturated heterocycles. The minimum absolute atomic E-state index is 0.490. The quantitative estimate of drug-likeness (QED) is 0.829. The Morgan fingerprint density at radius 1 is 1.06 bits per heavy atom. The molecule has 2 heteroatoms. The number of nitrogens with two attached hydrogens (primary N) is 1. The van der Waals surface area contributed by atoms with Crippen LogP contribution in [0.1, 0.15) is 71.1 Å². The first-order chi connectivity index (χ1) is 8.76. The van der Waals surface area contributed by atoms with E-state index in [4.69, 9.17) is 5.73 Å². The Bertz CT molecular complexity index is 233. The molecular formula is C16H32N2. The van der Waals surface area contributed by atoms with Crippen LogP contribution in [0.25, 0.3) is 0 Å². The minimum Gasteiger partial charge on any atom is -0.330 e. The summed E-state index contributed by atoms with van der Waals surface area (Å²) in [5.74, 6) is 0. The second kappa shape index (κ2) is 6.91. The molecule has 106 valence electrons. The first kappa shape index (κ1) is 14.3. The highest BCUT2D eigenvalue weighted by atomic mass is 15.1. The molecule has 0 aromatic carbocycles. The van der Waals surface area contributed by atoms with Crippen LogP contribution in [-0.2, 0) is 0 Å². The molecule has 2 N–H and O–H groups in total. The van der Waals surface area contributed by atoms with E-state index in [9.17, 15) is 0 Å². The zero-order chi connectivity index (χ0) is 12.8. The van der Waals surface area contributed by atoms with Gasteiger partial charge in [-0.3, -0.25) is 0 Å². The van der Waals surface area contributed by atoms with Gasteiger partial charge in [-0.05, 0) is 64.1 Å². The highest BCUT2D eigenvalue weighted by molar-refractivity contribution is 4.85. The van der Waals surface area contributed by atoms with Crippen molar-refractivity contribution >= 4 is 0 Å². The molecule has 0 aromatic heterocycles. The second-order valence-corrected chi connectivity index (χ2v) is 6.75. The van der Waals surface area contributed by atoms with Gasteiger partial charge in [0.15, 0.2) is 0 Å². The largest absolute Gasteiger partial charge is 0.330 e. The van der Waals surface area contributed by atoms with Crippen LogP contribution in [0.3, 0.4) is 0 Å². The van der Waals surface area contributed by atoms with Crippen molar-refractivity contribution in [1.29, 1.82) is 0 Å². The van der Waals surface area contributed by atoms with Crippen molar-refractivity contribution in [3.8, 4) is 0 Å². The molecule has 0 aromatic rings. The third-order valence-electron chi connectivity index (χ3n) is 5.47. The smallest absolute Gasteiger partial charge is 0.00669 e. The zero-order valence-corrected chi connectivity index (χ0v) is 12.3. The molecule has 2 aliphatic rings. The van der Waals surface area contributed by atoms with Gasteiger partial charge in [-0.15, -0.1) is 0 Å². The summed E-state index contributed by atoms with van der Waals surface area (Å²) in [6.45, 7) is 5.94. The van der Waals surface area contributed by atoms with Gasteiger partial charge in [-0.25, -0.2) is 0 Å². The van der Waals surface area contributed by atoms with E-state index in [0.29, 0.717) is 5.41 Å². The number of rotatable bonds is 4. The Balaban J connectivity index is 1.84. The van der Waals surface area contributed by atoms with E-state index in [0.717, 1.165) is 12.6 Å². The fourth-order valence-electron chi connectivity index (χ4n) is 3.91. The molecule has 1 atom stereocenters. The van der Waals surface area contributed by atoms with Gasteiger partial charge in [0.25, 0.3) is 0 Å². The first-order valence-corrected chi connectivity index (χ1v) is 8.20. The Kier molecular flexibility index (Phi) is 5.50. The first-order valence-electron chi connectivity index (χ1n) is 8.20. The van der Waals surface area contributed by atoms with Crippen LogP contribution < -0.4 is 5.73 Å². The van der Waals surface area contributed by atoms with Crippen LogP contribution in [0.2, 0.25) is 0 Å². The molecule has 0 spiro atoms. The third-order valence-corrected chi connectivity index (χ3v) is 5.47. The van der Waals surface area contributed by atoms with Crippen molar-refractivity contribution in [3.05, 3.63) is 0 Å². The van der Waals surface area contributed by atoms with Crippen LogP contribution in [0.15, 0.2) is 0 Å². The summed E-state index contributed by atoms with van der Waals surface area (Å²) in [6, 6.07) is 0.797. The summed E-state index contributed by atoms with van der Waals surface area (Å²) in [5, 5.41) is 0. The lowest BCUT2D eigenvalue weighted by atomic mass is 9.72. The van der Waals surface area contributed by atoms with Gasteiger partial charge in [0.2, 0.25) is 0 Å². The predicted molar refractivity (Wildman–Crippen MR) is 78.7 cm³/mol. The average molecular weight is 252 g/mol. The van der Waals surface area contributed by atoms with Gasteiger partial charge in [-0.2, -0.15) is 0 Å². The Labute approximate surface area is 113 Å². The van der Waals surface area contributed by atoms with Crippen molar-refractivity contribution in [1.82, 2.24) is 4.90 Å². The van der Waals surface area contributed by atoms with Crippen LogP contribution in [0.4, 0.5) is 0 Å². The van der Waals surface area contributed by atoms with E-state index in [1.165, 1.54) is 77.3 Å². The number of nitrogens with zero attached hydrogens (tertiary/aromatic N) is 1. The zero-order valence-electron chi connectivity index (χ0n) is 12.3. The van der Waals surface area contributed by atoms with Gasteiger partial charge >= 0.3 is 0 Å². The summed E-state index contributed by atoms with van der Waals surface area (Å²) in [7, 11) is 0. The van der Waals surface area contributed by atoms with Crippen LogP contribution in [0.5, 0.6) is 0 Å². The molecule has 1 unspecified atom stereocenters. The van der Waals surface area contributed by atoms with Gasteiger partial charge in [0.05, 0.1) is 0 Å². The van der Waals surface area contributed by atoms with E-state index in [1.807, 2.05) is 0 Å². The van der Waals surface area contributed by atoms with Crippen LogP contribution >= 0.6 is 0 Å². The van der Waals surface area contributed by atoms with Crippen LogP contribution in [0, 0.1) is 5.41 Å². The monoisotopic (exact) mass is 252 g/mol. The molecule has 2 fully saturated rings. The maximum absolute atomic E-state index is 6.10. The van der Waals surface area contributed by atoms with E-state index < -0.39 is 0 Å². The fourth-order valence-corrected chi connectivity index (χ4v) is 3.91. The van der Waals surface area contributed by atoms with Gasteiger partial charge in [-0.1, -0.05) is 32.1 Å². The molecule has 0 radical (unpaired) electrons. The van der Waals surface area contributed by atoms with E-state index in [1.54, 1.807) is 0 Å². The summed E-state index contributed by atoms with van der Waals surface area (Å²) in [6.07, 6.45) is 14.0. The Hall–Kier alpha value is -0.0800. The van der Waals surface area contributed by atoms with Crippen molar-refractivity contribution in [3.63, 3.8) is 0 Å². The molecule has 0 amide bonds. The molecular weight excluding hydrogens is 220 g/mol. The van der Waals surface area contributed by atoms with Crippen LogP contribution in [-0.4, -0.2) is 30.6 Å². The topological polar surface area (TPSA) is 29.3 Å². The minimum atomic E-state index is 0.490. The lowest BCUT2D eigenvalue weighted by molar-refractivity contribution is 0.129. The molecule has 1 heterocycles. The van der Waals surface area contributed by atoms with E-state index in [2.05, 4.69) is 11.8 Å². The molecule has 2 rings (SSSR count). The summed E-state index contributed by atoms with van der Waals surface area (Å²) >= 11 is 0. The van der Waals surface area contributed by atoms with Crippen molar-refractivity contribution in [2.45, 2.75) is 77.2 Å². The highest BCUT2D eigenvalue weighted by Gasteiger charge is 2.31. The Morgan fingerprint density at radius 2 is 1.78 bits per heavy atom. The third kappa shape index (κ3) is 3.71. The molecule has 1 aliphatic carbocycles. The van der Waals surface area contributed by atoms with Crippen molar-refractivity contribution in [2.75, 3.05) is 19.6 Å². The van der Waals surface area contributed by atoms with Crippen molar-refractivity contribution in [2.24, 2.45) is 11.1 Å². The summed E-state index contributed by atoms with van der Waals surface area (Å²) in [4.78, 5) is 2.74. The molecule has 1 aliphatic heterocycles. The standard InChI is InChI=1S/C16H32N2/c1-15-8-4-2-7-12-18(15)13-11-16(14-17)9-5-3-6-10-16/h15H,2-14,17H2,1H3. The van der Waals surface area contributed by atoms with E-state index >= 15 is 0 Å². The lowest BCUT2D eigenvalue weighted by Gasteiger charge is -2.39. The number of likely N-dealkylation sites (tertiary alicyclic amines) is 1. The summed E-state index contributed by atoms with van der Waals surface area (Å²) < 4.78 is 0. The number of hydrogen-bond donors (Lipinski definition) is 1. The number of hydrogen-bond acceptors (Lipinski definition) is 2. The molecule has 18 heavy (non-hydrogen) atoms.